The third-order valence-electron chi connectivity index (χ3n) is 4.16. The molecule has 1 aliphatic carbocycles. The molecule has 2 aliphatic rings. The summed E-state index contributed by atoms with van der Waals surface area (Å²) in [5.74, 6) is 1.47. The first-order valence-corrected chi connectivity index (χ1v) is 6.64. The minimum Gasteiger partial charge on any atom is -0.396 e. The van der Waals surface area contributed by atoms with E-state index in [1.54, 1.807) is 0 Å². The number of aliphatic hydroxyl groups excluding tert-OH is 1. The number of hydrogen-bond donors (Lipinski definition) is 1. The van der Waals surface area contributed by atoms with Crippen molar-refractivity contribution in [2.75, 3.05) is 13.2 Å². The zero-order valence-electron chi connectivity index (χ0n) is 9.66. The van der Waals surface area contributed by atoms with Crippen LogP contribution in [0.2, 0.25) is 0 Å². The van der Waals surface area contributed by atoms with Gasteiger partial charge in [0.15, 0.2) is 0 Å². The van der Waals surface area contributed by atoms with E-state index in [0.717, 1.165) is 18.9 Å². The van der Waals surface area contributed by atoms with Crippen molar-refractivity contribution in [3.05, 3.63) is 0 Å². The summed E-state index contributed by atoms with van der Waals surface area (Å²) in [6.45, 7) is 1.28. The zero-order chi connectivity index (χ0) is 10.5. The van der Waals surface area contributed by atoms with E-state index in [1.165, 1.54) is 44.9 Å². The average molecular weight is 212 g/mol. The Kier molecular flexibility index (Phi) is 4.45. The highest BCUT2D eigenvalue weighted by Crippen LogP contribution is 2.38. The molecule has 1 saturated heterocycles. The molecule has 2 nitrogen and oxygen atoms in total. The van der Waals surface area contributed by atoms with Crippen molar-refractivity contribution >= 4 is 0 Å². The first-order chi connectivity index (χ1) is 7.42. The molecule has 0 spiro atoms. The Morgan fingerprint density at radius 1 is 1.07 bits per heavy atom. The summed E-state index contributed by atoms with van der Waals surface area (Å²) in [5.41, 5.74) is 0. The van der Waals surface area contributed by atoms with Crippen molar-refractivity contribution in [3.8, 4) is 0 Å². The monoisotopic (exact) mass is 212 g/mol. The Morgan fingerprint density at radius 3 is 2.40 bits per heavy atom. The Labute approximate surface area is 93.0 Å². The van der Waals surface area contributed by atoms with E-state index in [0.29, 0.717) is 18.6 Å². The quantitative estimate of drug-likeness (QED) is 0.776. The third kappa shape index (κ3) is 2.94. The highest BCUT2D eigenvalue weighted by Gasteiger charge is 2.32. The van der Waals surface area contributed by atoms with E-state index in [-0.39, 0.29) is 0 Å². The molecule has 2 heteroatoms. The van der Waals surface area contributed by atoms with Crippen LogP contribution >= 0.6 is 0 Å². The third-order valence-corrected chi connectivity index (χ3v) is 4.16. The predicted molar refractivity (Wildman–Crippen MR) is 60.7 cm³/mol. The van der Waals surface area contributed by atoms with Crippen molar-refractivity contribution in [3.63, 3.8) is 0 Å². The van der Waals surface area contributed by atoms with Gasteiger partial charge in [0, 0.05) is 13.2 Å². The maximum atomic E-state index is 9.17. The average Bonchev–Trinajstić information content (AvgIpc) is 2.80. The first kappa shape index (κ1) is 11.4. The van der Waals surface area contributed by atoms with Crippen molar-refractivity contribution < 1.29 is 9.84 Å². The molecule has 1 heterocycles. The minimum absolute atomic E-state index is 0.334. The van der Waals surface area contributed by atoms with Crippen LogP contribution in [0, 0.1) is 11.8 Å². The molecule has 2 atom stereocenters. The van der Waals surface area contributed by atoms with Gasteiger partial charge < -0.3 is 9.84 Å². The molecule has 0 bridgehead atoms. The summed E-state index contributed by atoms with van der Waals surface area (Å²) in [6, 6.07) is 0. The fraction of sp³-hybridized carbons (Fsp3) is 1.00. The minimum atomic E-state index is 0.334. The molecule has 15 heavy (non-hydrogen) atoms. The maximum absolute atomic E-state index is 9.17. The lowest BCUT2D eigenvalue weighted by molar-refractivity contribution is -0.0434. The molecule has 0 amide bonds. The predicted octanol–water partition coefficient (Wildman–Crippen LogP) is 2.74. The number of hydrogen-bond acceptors (Lipinski definition) is 2. The molecule has 1 aliphatic heterocycles. The van der Waals surface area contributed by atoms with E-state index in [2.05, 4.69) is 0 Å². The van der Waals surface area contributed by atoms with Crippen LogP contribution in [0.5, 0.6) is 0 Å². The summed E-state index contributed by atoms with van der Waals surface area (Å²) in [5, 5.41) is 9.17. The van der Waals surface area contributed by atoms with Crippen LogP contribution in [0.4, 0.5) is 0 Å². The molecule has 2 unspecified atom stereocenters. The molecule has 88 valence electrons. The number of aliphatic hydroxyl groups is 1. The van der Waals surface area contributed by atoms with Gasteiger partial charge in [-0.15, -0.1) is 0 Å². The summed E-state index contributed by atoms with van der Waals surface area (Å²) < 4.78 is 5.89. The lowest BCUT2D eigenvalue weighted by atomic mass is 9.81. The van der Waals surface area contributed by atoms with Gasteiger partial charge in [0.25, 0.3) is 0 Å². The summed E-state index contributed by atoms with van der Waals surface area (Å²) in [7, 11) is 0. The topological polar surface area (TPSA) is 29.5 Å². The Balaban J connectivity index is 1.90. The zero-order valence-corrected chi connectivity index (χ0v) is 9.66. The van der Waals surface area contributed by atoms with Gasteiger partial charge >= 0.3 is 0 Å². The molecular formula is C13H24O2. The SMILES string of the molecule is OCCC(C1CCCC1)C1CCCCO1. The van der Waals surface area contributed by atoms with E-state index in [1.807, 2.05) is 0 Å². The van der Waals surface area contributed by atoms with Gasteiger partial charge in [-0.05, 0) is 37.5 Å². The van der Waals surface area contributed by atoms with Crippen LogP contribution in [0.15, 0.2) is 0 Å². The van der Waals surface area contributed by atoms with Crippen LogP contribution in [-0.4, -0.2) is 24.4 Å². The smallest absolute Gasteiger partial charge is 0.0606 e. The summed E-state index contributed by atoms with van der Waals surface area (Å²) in [4.78, 5) is 0. The molecule has 0 aromatic heterocycles. The van der Waals surface area contributed by atoms with Crippen LogP contribution < -0.4 is 0 Å². The fourth-order valence-electron chi connectivity index (χ4n) is 3.36. The van der Waals surface area contributed by atoms with Gasteiger partial charge in [0.05, 0.1) is 6.10 Å². The Hall–Kier alpha value is -0.0800. The lowest BCUT2D eigenvalue weighted by Crippen LogP contribution is -2.33. The van der Waals surface area contributed by atoms with Crippen LogP contribution in [0.25, 0.3) is 0 Å². The molecular weight excluding hydrogens is 188 g/mol. The Morgan fingerprint density at radius 2 is 1.80 bits per heavy atom. The lowest BCUT2D eigenvalue weighted by Gasteiger charge is -2.34. The maximum Gasteiger partial charge on any atom is 0.0606 e. The molecule has 1 N–H and O–H groups in total. The second kappa shape index (κ2) is 5.86. The standard InChI is InChI=1S/C13H24O2/c14-9-8-12(11-5-1-2-6-11)13-7-3-4-10-15-13/h11-14H,1-10H2. The van der Waals surface area contributed by atoms with E-state index < -0.39 is 0 Å². The number of ether oxygens (including phenoxy) is 1. The molecule has 1 saturated carbocycles. The fourth-order valence-corrected chi connectivity index (χ4v) is 3.36. The van der Waals surface area contributed by atoms with Crippen molar-refractivity contribution in [1.82, 2.24) is 0 Å². The van der Waals surface area contributed by atoms with Crippen molar-refractivity contribution in [1.29, 1.82) is 0 Å². The van der Waals surface area contributed by atoms with Gasteiger partial charge in [0.1, 0.15) is 0 Å². The molecule has 0 aromatic carbocycles. The van der Waals surface area contributed by atoms with Gasteiger partial charge in [-0.1, -0.05) is 25.7 Å². The van der Waals surface area contributed by atoms with E-state index in [9.17, 15) is 5.11 Å². The van der Waals surface area contributed by atoms with Gasteiger partial charge in [-0.3, -0.25) is 0 Å². The summed E-state index contributed by atoms with van der Waals surface area (Å²) in [6.07, 6.45) is 10.7. The Bertz CT molecular complexity index is 169. The normalized spacial score (nSPS) is 30.6. The summed E-state index contributed by atoms with van der Waals surface area (Å²) >= 11 is 0. The largest absolute Gasteiger partial charge is 0.396 e. The van der Waals surface area contributed by atoms with E-state index in [4.69, 9.17) is 4.74 Å². The van der Waals surface area contributed by atoms with Crippen LogP contribution in [0.1, 0.15) is 51.4 Å². The van der Waals surface area contributed by atoms with Crippen LogP contribution in [0.3, 0.4) is 0 Å². The molecule has 0 aromatic rings. The second-order valence-electron chi connectivity index (χ2n) is 5.13. The highest BCUT2D eigenvalue weighted by atomic mass is 16.5. The highest BCUT2D eigenvalue weighted by molar-refractivity contribution is 4.82. The van der Waals surface area contributed by atoms with Gasteiger partial charge in [-0.2, -0.15) is 0 Å². The van der Waals surface area contributed by atoms with Crippen LogP contribution in [-0.2, 0) is 4.74 Å². The molecule has 2 fully saturated rings. The van der Waals surface area contributed by atoms with Gasteiger partial charge in [0.2, 0.25) is 0 Å². The second-order valence-corrected chi connectivity index (χ2v) is 5.13. The van der Waals surface area contributed by atoms with Crippen molar-refractivity contribution in [2.45, 2.75) is 57.5 Å². The first-order valence-electron chi connectivity index (χ1n) is 6.64. The molecule has 2 rings (SSSR count). The van der Waals surface area contributed by atoms with E-state index >= 15 is 0 Å². The number of rotatable bonds is 4. The molecule has 0 radical (unpaired) electrons. The van der Waals surface area contributed by atoms with Gasteiger partial charge in [-0.25, -0.2) is 0 Å². The van der Waals surface area contributed by atoms with Crippen molar-refractivity contribution in [2.24, 2.45) is 11.8 Å².